The Kier molecular flexibility index (Phi) is 7.78. The van der Waals surface area contributed by atoms with Crippen LogP contribution >= 0.6 is 11.3 Å². The second-order valence-corrected chi connectivity index (χ2v) is 17.2. The summed E-state index contributed by atoms with van der Waals surface area (Å²) in [5, 5.41) is 10.1. The quantitative estimate of drug-likeness (QED) is 0.163. The lowest BCUT2D eigenvalue weighted by Gasteiger charge is -2.26. The first-order valence-corrected chi connectivity index (χ1v) is 22.0. The standard InChI is InChI=1S/C58H37N3S/c1-2-13-41(14-3-1)60-53-19-9-6-16-47(53)49-34-31-44(36-55(49)60)59(45-32-35-51-50-18-8-11-21-56(50)62-57(51)37-45)42-27-22-38(23-28-42)39-24-29-43(30-25-39)61-54-20-10-7-17-48(54)52-33-26-40-12-4-5-15-46(40)58(52)61/h1-37H. The lowest BCUT2D eigenvalue weighted by atomic mass is 10.0. The number of rotatable bonds is 6. The van der Waals surface area contributed by atoms with E-state index in [0.717, 1.165) is 28.4 Å². The molecule has 0 fully saturated rings. The van der Waals surface area contributed by atoms with Crippen LogP contribution in [0.3, 0.4) is 0 Å². The van der Waals surface area contributed by atoms with Gasteiger partial charge in [-0.3, -0.25) is 0 Å². The molecule has 0 spiro atoms. The molecule has 0 aliphatic carbocycles. The van der Waals surface area contributed by atoms with Gasteiger partial charge in [0, 0.05) is 75.5 Å². The van der Waals surface area contributed by atoms with Gasteiger partial charge in [0.2, 0.25) is 0 Å². The molecule has 0 bridgehead atoms. The highest BCUT2D eigenvalue weighted by molar-refractivity contribution is 7.25. The van der Waals surface area contributed by atoms with Gasteiger partial charge < -0.3 is 14.0 Å². The summed E-state index contributed by atoms with van der Waals surface area (Å²) in [6, 6.07) is 82.2. The second-order valence-electron chi connectivity index (χ2n) is 16.1. The summed E-state index contributed by atoms with van der Waals surface area (Å²) >= 11 is 1.86. The molecule has 0 N–H and O–H groups in total. The molecular formula is C58H37N3S. The van der Waals surface area contributed by atoms with Crippen LogP contribution in [0.25, 0.3) is 97.1 Å². The van der Waals surface area contributed by atoms with Crippen LogP contribution < -0.4 is 4.90 Å². The van der Waals surface area contributed by atoms with Crippen LogP contribution in [0.1, 0.15) is 0 Å². The van der Waals surface area contributed by atoms with E-state index in [1.165, 1.54) is 85.7 Å². The zero-order valence-electron chi connectivity index (χ0n) is 33.6. The zero-order valence-corrected chi connectivity index (χ0v) is 34.4. The molecule has 0 unspecified atom stereocenters. The summed E-state index contributed by atoms with van der Waals surface area (Å²) in [4.78, 5) is 2.41. The van der Waals surface area contributed by atoms with Crippen LogP contribution in [0, 0.1) is 0 Å². The molecule has 0 aliphatic rings. The van der Waals surface area contributed by atoms with Crippen molar-refractivity contribution in [1.82, 2.24) is 9.13 Å². The Morgan fingerprint density at radius 2 is 0.823 bits per heavy atom. The van der Waals surface area contributed by atoms with Gasteiger partial charge in [0.15, 0.2) is 0 Å². The van der Waals surface area contributed by atoms with Gasteiger partial charge in [-0.25, -0.2) is 0 Å². The number of hydrogen-bond acceptors (Lipinski definition) is 2. The molecule has 62 heavy (non-hydrogen) atoms. The number of thiophene rings is 1. The van der Waals surface area contributed by atoms with E-state index in [2.05, 4.69) is 238 Å². The Hall–Kier alpha value is -7.92. The molecule has 3 heterocycles. The number of aromatic nitrogens is 2. The van der Waals surface area contributed by atoms with Gasteiger partial charge in [-0.2, -0.15) is 0 Å². The van der Waals surface area contributed by atoms with Gasteiger partial charge >= 0.3 is 0 Å². The SMILES string of the molecule is c1ccc(-n2c3ccccc3c3ccc(N(c4ccc(-c5ccc(-n6c7ccccc7c7ccc8ccccc8c76)cc5)cc4)c4ccc5c(c4)sc4ccccc45)cc32)cc1. The van der Waals surface area contributed by atoms with Gasteiger partial charge in [0.25, 0.3) is 0 Å². The van der Waals surface area contributed by atoms with E-state index in [1.54, 1.807) is 0 Å². The molecule has 0 atom stereocenters. The predicted octanol–water partition coefficient (Wildman–Crippen LogP) is 16.5. The summed E-state index contributed by atoms with van der Waals surface area (Å²) < 4.78 is 7.41. The summed E-state index contributed by atoms with van der Waals surface area (Å²) in [5.41, 5.74) is 12.8. The lowest BCUT2D eigenvalue weighted by Crippen LogP contribution is -2.10. The van der Waals surface area contributed by atoms with E-state index >= 15 is 0 Å². The van der Waals surface area contributed by atoms with Crippen LogP contribution in [0.4, 0.5) is 17.1 Å². The third-order valence-corrected chi connectivity index (χ3v) is 13.8. The Morgan fingerprint density at radius 3 is 1.60 bits per heavy atom. The summed E-state index contributed by atoms with van der Waals surface area (Å²) in [6.07, 6.45) is 0. The zero-order chi connectivity index (χ0) is 40.7. The van der Waals surface area contributed by atoms with Crippen molar-refractivity contribution in [3.8, 4) is 22.5 Å². The number of anilines is 3. The van der Waals surface area contributed by atoms with Crippen LogP contribution in [0.2, 0.25) is 0 Å². The predicted molar refractivity (Wildman–Crippen MR) is 266 cm³/mol. The smallest absolute Gasteiger partial charge is 0.0619 e. The fraction of sp³-hybridized carbons (Fsp3) is 0. The van der Waals surface area contributed by atoms with E-state index in [1.807, 2.05) is 11.3 Å². The Balaban J connectivity index is 0.936. The average Bonchev–Trinajstić information content (AvgIpc) is 4.00. The Bertz CT molecular complexity index is 3850. The Labute approximate surface area is 362 Å². The van der Waals surface area contributed by atoms with Crippen molar-refractivity contribution < 1.29 is 0 Å². The molecule has 13 aromatic rings. The third kappa shape index (κ3) is 5.37. The number of para-hydroxylation sites is 3. The molecular weight excluding hydrogens is 771 g/mol. The molecule has 3 aromatic heterocycles. The van der Waals surface area contributed by atoms with Crippen molar-refractivity contribution in [1.29, 1.82) is 0 Å². The Morgan fingerprint density at radius 1 is 0.306 bits per heavy atom. The van der Waals surface area contributed by atoms with E-state index in [9.17, 15) is 0 Å². The minimum absolute atomic E-state index is 1.10. The second kappa shape index (κ2) is 13.8. The van der Waals surface area contributed by atoms with Gasteiger partial charge in [0.1, 0.15) is 0 Å². The van der Waals surface area contributed by atoms with Crippen molar-refractivity contribution in [2.75, 3.05) is 4.90 Å². The molecule has 10 aromatic carbocycles. The number of fused-ring (bicyclic) bond motifs is 11. The number of nitrogens with zero attached hydrogens (tertiary/aromatic N) is 3. The topological polar surface area (TPSA) is 13.1 Å². The molecule has 13 rings (SSSR count). The van der Waals surface area contributed by atoms with E-state index in [0.29, 0.717) is 0 Å². The van der Waals surface area contributed by atoms with E-state index in [4.69, 9.17) is 0 Å². The summed E-state index contributed by atoms with van der Waals surface area (Å²) in [7, 11) is 0. The molecule has 0 aliphatic heterocycles. The minimum atomic E-state index is 1.10. The first kappa shape index (κ1) is 34.9. The third-order valence-electron chi connectivity index (χ3n) is 12.7. The van der Waals surface area contributed by atoms with E-state index in [-0.39, 0.29) is 0 Å². The fourth-order valence-electron chi connectivity index (χ4n) is 9.86. The maximum Gasteiger partial charge on any atom is 0.0619 e. The first-order chi connectivity index (χ1) is 30.7. The highest BCUT2D eigenvalue weighted by Gasteiger charge is 2.20. The highest BCUT2D eigenvalue weighted by atomic mass is 32.1. The first-order valence-electron chi connectivity index (χ1n) is 21.2. The van der Waals surface area contributed by atoms with Crippen LogP contribution in [-0.4, -0.2) is 9.13 Å². The molecule has 4 heteroatoms. The summed E-state index contributed by atoms with van der Waals surface area (Å²) in [6.45, 7) is 0. The van der Waals surface area contributed by atoms with Crippen molar-refractivity contribution in [2.24, 2.45) is 0 Å². The molecule has 0 saturated carbocycles. The van der Waals surface area contributed by atoms with E-state index < -0.39 is 0 Å². The van der Waals surface area contributed by atoms with Crippen LogP contribution in [0.15, 0.2) is 224 Å². The average molecular weight is 808 g/mol. The van der Waals surface area contributed by atoms with Crippen molar-refractivity contribution >= 4 is 103 Å². The maximum atomic E-state index is 2.43. The van der Waals surface area contributed by atoms with Gasteiger partial charge in [-0.05, 0) is 95.4 Å². The normalized spacial score (nSPS) is 11.9. The molecule has 0 saturated heterocycles. The van der Waals surface area contributed by atoms with Crippen LogP contribution in [0.5, 0.6) is 0 Å². The largest absolute Gasteiger partial charge is 0.310 e. The molecule has 0 amide bonds. The summed E-state index contributed by atoms with van der Waals surface area (Å²) in [5.74, 6) is 0. The van der Waals surface area contributed by atoms with Gasteiger partial charge in [-0.1, -0.05) is 146 Å². The van der Waals surface area contributed by atoms with Crippen LogP contribution in [-0.2, 0) is 0 Å². The highest BCUT2D eigenvalue weighted by Crippen LogP contribution is 2.43. The van der Waals surface area contributed by atoms with Gasteiger partial charge in [-0.15, -0.1) is 11.3 Å². The molecule has 290 valence electrons. The minimum Gasteiger partial charge on any atom is -0.310 e. The number of benzene rings is 10. The maximum absolute atomic E-state index is 2.43. The van der Waals surface area contributed by atoms with Crippen molar-refractivity contribution in [2.45, 2.75) is 0 Å². The molecule has 3 nitrogen and oxygen atoms in total. The number of hydrogen-bond donors (Lipinski definition) is 0. The fourth-order valence-corrected chi connectivity index (χ4v) is 11.0. The monoisotopic (exact) mass is 807 g/mol. The lowest BCUT2D eigenvalue weighted by molar-refractivity contribution is 1.18. The molecule has 0 radical (unpaired) electrons. The van der Waals surface area contributed by atoms with Crippen molar-refractivity contribution in [3.05, 3.63) is 224 Å². The van der Waals surface area contributed by atoms with Crippen molar-refractivity contribution in [3.63, 3.8) is 0 Å². The van der Waals surface area contributed by atoms with Gasteiger partial charge in [0.05, 0.1) is 22.1 Å².